The largest absolute Gasteiger partial charge is 0.393 e. The first-order chi connectivity index (χ1) is 10.3. The van der Waals surface area contributed by atoms with Crippen molar-refractivity contribution in [2.75, 3.05) is 38.1 Å². The lowest BCUT2D eigenvalue weighted by Gasteiger charge is -2.60. The van der Waals surface area contributed by atoms with Gasteiger partial charge in [0.05, 0.1) is 11.8 Å². The van der Waals surface area contributed by atoms with Gasteiger partial charge in [0.1, 0.15) is 17.0 Å². The molecule has 0 N–H and O–H groups in total. The second-order valence-electron chi connectivity index (χ2n) is 6.45. The second kappa shape index (κ2) is 4.55. The minimum absolute atomic E-state index is 0.294. The number of fused-ring (bicyclic) bond motifs is 1. The fourth-order valence-corrected chi connectivity index (χ4v) is 4.66. The number of aromatic nitrogens is 2. The Morgan fingerprint density at radius 1 is 1.23 bits per heavy atom. The fourth-order valence-electron chi connectivity index (χ4n) is 3.64. The van der Waals surface area contributed by atoms with E-state index >= 15 is 0 Å². The molecule has 22 heavy (non-hydrogen) atoms. The van der Waals surface area contributed by atoms with Crippen molar-refractivity contribution in [1.82, 2.24) is 14.9 Å². The summed E-state index contributed by atoms with van der Waals surface area (Å²) < 4.78 is 37.7. The summed E-state index contributed by atoms with van der Waals surface area (Å²) in [4.78, 5) is 13.8. The van der Waals surface area contributed by atoms with Gasteiger partial charge in [0, 0.05) is 36.5 Å². The number of halogens is 3. The molecule has 4 heterocycles. The molecule has 2 aliphatic heterocycles. The van der Waals surface area contributed by atoms with Crippen LogP contribution in [-0.4, -0.2) is 54.3 Å². The second-order valence-corrected chi connectivity index (χ2v) is 7.56. The van der Waals surface area contributed by atoms with Gasteiger partial charge in [0.25, 0.3) is 0 Å². The van der Waals surface area contributed by atoms with Crippen LogP contribution in [0.5, 0.6) is 0 Å². The molecule has 118 valence electrons. The van der Waals surface area contributed by atoms with Crippen LogP contribution in [0, 0.1) is 5.41 Å². The highest BCUT2D eigenvalue weighted by Crippen LogP contribution is 2.43. The van der Waals surface area contributed by atoms with E-state index in [1.165, 1.54) is 6.33 Å². The Kier molecular flexibility index (Phi) is 2.93. The van der Waals surface area contributed by atoms with Crippen LogP contribution in [0.1, 0.15) is 4.88 Å². The Bertz CT molecular complexity index is 712. The SMILES string of the molecule is CN1CC2(C1)CN(c1ncnc3sc(CC(F)(F)F)cc13)C2. The summed E-state index contributed by atoms with van der Waals surface area (Å²) in [7, 11) is 2.10. The molecule has 2 saturated heterocycles. The number of alkyl halides is 3. The quantitative estimate of drug-likeness (QED) is 0.848. The molecule has 1 spiro atoms. The highest BCUT2D eigenvalue weighted by atomic mass is 32.1. The molecular weight excluding hydrogens is 313 g/mol. The summed E-state index contributed by atoms with van der Waals surface area (Å²) in [6.45, 7) is 4.02. The smallest absolute Gasteiger partial charge is 0.355 e. The fraction of sp³-hybridized carbons (Fsp3) is 0.571. The molecule has 0 bridgehead atoms. The normalized spacial score (nSPS) is 21.2. The van der Waals surface area contributed by atoms with Crippen molar-refractivity contribution >= 4 is 27.4 Å². The number of rotatable bonds is 2. The van der Waals surface area contributed by atoms with Crippen LogP contribution in [0.3, 0.4) is 0 Å². The van der Waals surface area contributed by atoms with Gasteiger partial charge < -0.3 is 9.80 Å². The van der Waals surface area contributed by atoms with Crippen molar-refractivity contribution in [1.29, 1.82) is 0 Å². The van der Waals surface area contributed by atoms with Gasteiger partial charge in [0.15, 0.2) is 0 Å². The van der Waals surface area contributed by atoms with Crippen molar-refractivity contribution in [2.45, 2.75) is 12.6 Å². The number of thiophene rings is 1. The molecule has 0 radical (unpaired) electrons. The van der Waals surface area contributed by atoms with E-state index in [1.807, 2.05) is 0 Å². The predicted octanol–water partition coefficient (Wildman–Crippen LogP) is 2.55. The van der Waals surface area contributed by atoms with E-state index in [9.17, 15) is 13.2 Å². The van der Waals surface area contributed by atoms with E-state index in [2.05, 4.69) is 26.8 Å². The maximum Gasteiger partial charge on any atom is 0.393 e. The van der Waals surface area contributed by atoms with Crippen molar-refractivity contribution in [3.63, 3.8) is 0 Å². The van der Waals surface area contributed by atoms with E-state index in [4.69, 9.17) is 0 Å². The molecule has 2 aliphatic rings. The van der Waals surface area contributed by atoms with E-state index in [0.29, 0.717) is 15.1 Å². The highest BCUT2D eigenvalue weighted by molar-refractivity contribution is 7.18. The first-order valence-corrected chi connectivity index (χ1v) is 7.89. The van der Waals surface area contributed by atoms with E-state index in [0.717, 1.165) is 48.7 Å². The van der Waals surface area contributed by atoms with E-state index < -0.39 is 12.6 Å². The molecule has 0 unspecified atom stereocenters. The van der Waals surface area contributed by atoms with Gasteiger partial charge in [-0.05, 0) is 13.1 Å². The van der Waals surface area contributed by atoms with Gasteiger partial charge in [-0.3, -0.25) is 0 Å². The number of hydrogen-bond donors (Lipinski definition) is 0. The highest BCUT2D eigenvalue weighted by Gasteiger charge is 2.51. The van der Waals surface area contributed by atoms with Gasteiger partial charge in [0.2, 0.25) is 0 Å². The van der Waals surface area contributed by atoms with Crippen LogP contribution in [-0.2, 0) is 6.42 Å². The number of nitrogens with zero attached hydrogens (tertiary/aromatic N) is 4. The monoisotopic (exact) mass is 328 g/mol. The standard InChI is InChI=1S/C14H15F3N4S/c1-20-4-13(5-20)6-21(7-13)11-10-2-9(3-14(15,16)17)22-12(10)19-8-18-11/h2,8H,3-7H2,1H3. The lowest BCUT2D eigenvalue weighted by Crippen LogP contribution is -2.71. The van der Waals surface area contributed by atoms with Crippen molar-refractivity contribution in [3.8, 4) is 0 Å². The third-order valence-electron chi connectivity index (χ3n) is 4.30. The van der Waals surface area contributed by atoms with Gasteiger partial charge in [-0.15, -0.1) is 11.3 Å². The molecule has 0 saturated carbocycles. The van der Waals surface area contributed by atoms with Crippen LogP contribution < -0.4 is 4.90 Å². The lowest BCUT2D eigenvalue weighted by atomic mass is 9.73. The summed E-state index contributed by atoms with van der Waals surface area (Å²) in [5, 5.41) is 0.745. The van der Waals surface area contributed by atoms with E-state index in [1.54, 1.807) is 6.07 Å². The maximum absolute atomic E-state index is 12.6. The average molecular weight is 328 g/mol. The Morgan fingerprint density at radius 3 is 2.59 bits per heavy atom. The average Bonchev–Trinajstić information content (AvgIpc) is 2.71. The molecule has 0 amide bonds. The zero-order chi connectivity index (χ0) is 15.5. The first-order valence-electron chi connectivity index (χ1n) is 7.07. The Balaban J connectivity index is 1.59. The number of likely N-dealkylation sites (tertiary alicyclic amines) is 1. The van der Waals surface area contributed by atoms with Gasteiger partial charge in [-0.2, -0.15) is 13.2 Å². The molecule has 2 fully saturated rings. The van der Waals surface area contributed by atoms with Crippen LogP contribution in [0.25, 0.3) is 10.2 Å². The Hall–Kier alpha value is -1.41. The molecule has 4 nitrogen and oxygen atoms in total. The van der Waals surface area contributed by atoms with Crippen molar-refractivity contribution in [3.05, 3.63) is 17.3 Å². The molecular formula is C14H15F3N4S. The van der Waals surface area contributed by atoms with Gasteiger partial charge >= 0.3 is 6.18 Å². The zero-order valence-electron chi connectivity index (χ0n) is 12.0. The summed E-state index contributed by atoms with van der Waals surface area (Å²) >= 11 is 1.10. The molecule has 4 rings (SSSR count). The molecule has 8 heteroatoms. The van der Waals surface area contributed by atoms with Crippen LogP contribution in [0.15, 0.2) is 12.4 Å². The Labute approximate surface area is 129 Å². The molecule has 0 aromatic carbocycles. The number of hydrogen-bond acceptors (Lipinski definition) is 5. The summed E-state index contributed by atoms with van der Waals surface area (Å²) in [6.07, 6.45) is -3.64. The third kappa shape index (κ3) is 2.34. The van der Waals surface area contributed by atoms with E-state index in [-0.39, 0.29) is 0 Å². The molecule has 0 aliphatic carbocycles. The van der Waals surface area contributed by atoms with Gasteiger partial charge in [-0.1, -0.05) is 0 Å². The zero-order valence-corrected chi connectivity index (χ0v) is 12.8. The maximum atomic E-state index is 12.6. The third-order valence-corrected chi connectivity index (χ3v) is 5.34. The van der Waals surface area contributed by atoms with Crippen LogP contribution in [0.2, 0.25) is 0 Å². The summed E-state index contributed by atoms with van der Waals surface area (Å²) in [5.74, 6) is 0.773. The van der Waals surface area contributed by atoms with Crippen LogP contribution in [0.4, 0.5) is 19.0 Å². The topological polar surface area (TPSA) is 32.3 Å². The van der Waals surface area contributed by atoms with Crippen LogP contribution >= 0.6 is 11.3 Å². The number of anilines is 1. The lowest BCUT2D eigenvalue weighted by molar-refractivity contribution is -0.126. The van der Waals surface area contributed by atoms with Gasteiger partial charge in [-0.25, -0.2) is 9.97 Å². The minimum atomic E-state index is -4.19. The molecule has 0 atom stereocenters. The minimum Gasteiger partial charge on any atom is -0.355 e. The van der Waals surface area contributed by atoms with Crippen molar-refractivity contribution in [2.24, 2.45) is 5.41 Å². The van der Waals surface area contributed by atoms with Crippen molar-refractivity contribution < 1.29 is 13.2 Å². The summed E-state index contributed by atoms with van der Waals surface area (Å²) in [5.41, 5.74) is 0.358. The summed E-state index contributed by atoms with van der Waals surface area (Å²) in [6, 6.07) is 1.60. The molecule has 2 aromatic heterocycles. The first kappa shape index (κ1) is 14.2. The Morgan fingerprint density at radius 2 is 1.95 bits per heavy atom. The molecule has 2 aromatic rings. The predicted molar refractivity (Wildman–Crippen MR) is 79.3 cm³/mol.